The van der Waals surface area contributed by atoms with Crippen LogP contribution in [0.15, 0.2) is 35.1 Å². The fraction of sp³-hybridized carbons (Fsp3) is 0.389. The maximum atomic E-state index is 12.5. The van der Waals surface area contributed by atoms with Crippen LogP contribution in [0.3, 0.4) is 0 Å². The molecule has 0 aliphatic carbocycles. The molecule has 24 heavy (non-hydrogen) atoms. The van der Waals surface area contributed by atoms with Gasteiger partial charge in [-0.15, -0.1) is 0 Å². The molecule has 0 saturated carbocycles. The lowest BCUT2D eigenvalue weighted by Gasteiger charge is -2.31. The highest BCUT2D eigenvalue weighted by Gasteiger charge is 2.27. The average Bonchev–Trinajstić information content (AvgIpc) is 3.24. The number of piperidine rings is 1. The van der Waals surface area contributed by atoms with Crippen LogP contribution in [0.25, 0.3) is 11.0 Å². The van der Waals surface area contributed by atoms with E-state index in [1.165, 1.54) is 11.8 Å². The number of hydrogen-bond donors (Lipinski definition) is 1. The number of hydrogen-bond acceptors (Lipinski definition) is 4. The third kappa shape index (κ3) is 2.91. The Kier molecular flexibility index (Phi) is 3.80. The molecule has 0 radical (unpaired) electrons. The molecule has 1 unspecified atom stereocenters. The molecule has 0 bridgehead atoms. The Hall–Kier alpha value is -2.63. The molecular formula is C18H20N4O2. The van der Waals surface area contributed by atoms with E-state index >= 15 is 0 Å². The van der Waals surface area contributed by atoms with E-state index < -0.39 is 0 Å². The quantitative estimate of drug-likeness (QED) is 0.804. The molecule has 2 aromatic heterocycles. The van der Waals surface area contributed by atoms with E-state index in [1.54, 1.807) is 6.07 Å². The van der Waals surface area contributed by atoms with E-state index in [0.717, 1.165) is 36.2 Å². The second-order valence-corrected chi connectivity index (χ2v) is 6.49. The summed E-state index contributed by atoms with van der Waals surface area (Å²) in [5, 5.41) is 3.82. The first kappa shape index (κ1) is 14.9. The minimum absolute atomic E-state index is 0.0977. The van der Waals surface area contributed by atoms with Crippen molar-refractivity contribution in [2.24, 2.45) is 0 Å². The number of aromatic amines is 1. The third-order valence-corrected chi connectivity index (χ3v) is 4.64. The fourth-order valence-corrected chi connectivity index (χ4v) is 3.36. The van der Waals surface area contributed by atoms with E-state index in [1.807, 2.05) is 11.0 Å². The Bertz CT molecular complexity index is 853. The third-order valence-electron chi connectivity index (χ3n) is 4.64. The zero-order valence-corrected chi connectivity index (χ0v) is 13.7. The van der Waals surface area contributed by atoms with E-state index in [2.05, 4.69) is 29.2 Å². The van der Waals surface area contributed by atoms with Gasteiger partial charge in [0.15, 0.2) is 0 Å². The number of aromatic nitrogens is 3. The molecule has 4 rings (SSSR count). The molecule has 1 saturated heterocycles. The number of nitrogens with zero attached hydrogens (tertiary/aromatic N) is 3. The molecule has 1 aliphatic rings. The lowest BCUT2D eigenvalue weighted by Crippen LogP contribution is -2.40. The molecule has 1 atom stereocenters. The van der Waals surface area contributed by atoms with E-state index in [4.69, 9.17) is 9.51 Å². The summed E-state index contributed by atoms with van der Waals surface area (Å²) in [4.78, 5) is 22.6. The van der Waals surface area contributed by atoms with Crippen LogP contribution in [0.1, 0.15) is 35.8 Å². The second-order valence-electron chi connectivity index (χ2n) is 6.49. The Labute approximate surface area is 139 Å². The monoisotopic (exact) mass is 324 g/mol. The Balaban J connectivity index is 1.50. The highest BCUT2D eigenvalue weighted by atomic mass is 16.5. The normalized spacial score (nSPS) is 18.2. The van der Waals surface area contributed by atoms with Gasteiger partial charge in [0.25, 0.3) is 0 Å². The Morgan fingerprint density at radius 3 is 3.17 bits per heavy atom. The van der Waals surface area contributed by atoms with Crippen LogP contribution in [0.4, 0.5) is 0 Å². The maximum Gasteiger partial charge on any atom is 0.228 e. The van der Waals surface area contributed by atoms with Gasteiger partial charge in [0.05, 0.1) is 23.1 Å². The van der Waals surface area contributed by atoms with Crippen molar-refractivity contribution in [3.05, 3.63) is 47.6 Å². The topological polar surface area (TPSA) is 75.0 Å². The summed E-state index contributed by atoms with van der Waals surface area (Å²) < 4.78 is 4.80. The number of carbonyl (C=O) groups excluding carboxylic acids is 1. The molecule has 6 heteroatoms. The maximum absolute atomic E-state index is 12.5. The predicted octanol–water partition coefficient (Wildman–Crippen LogP) is 2.81. The molecule has 3 aromatic rings. The zero-order chi connectivity index (χ0) is 16.5. The number of amides is 1. The van der Waals surface area contributed by atoms with E-state index in [9.17, 15) is 4.79 Å². The summed E-state index contributed by atoms with van der Waals surface area (Å²) in [6.07, 6.45) is 3.83. The van der Waals surface area contributed by atoms with Crippen LogP contribution in [0, 0.1) is 6.92 Å². The number of rotatable bonds is 3. The van der Waals surface area contributed by atoms with Crippen LogP contribution in [-0.2, 0) is 11.2 Å². The van der Waals surface area contributed by atoms with Gasteiger partial charge < -0.3 is 14.4 Å². The number of fused-ring (bicyclic) bond motifs is 1. The van der Waals surface area contributed by atoms with Crippen molar-refractivity contribution in [3.63, 3.8) is 0 Å². The van der Waals surface area contributed by atoms with Gasteiger partial charge in [-0.25, -0.2) is 4.98 Å². The minimum Gasteiger partial charge on any atom is -0.364 e. The first-order valence-corrected chi connectivity index (χ1v) is 8.32. The van der Waals surface area contributed by atoms with Crippen molar-refractivity contribution in [1.29, 1.82) is 0 Å². The summed E-state index contributed by atoms with van der Waals surface area (Å²) in [6, 6.07) is 7.96. The molecule has 1 aliphatic heterocycles. The summed E-state index contributed by atoms with van der Waals surface area (Å²) in [7, 11) is 0. The average molecular weight is 324 g/mol. The van der Waals surface area contributed by atoms with Crippen molar-refractivity contribution >= 4 is 16.9 Å². The zero-order valence-electron chi connectivity index (χ0n) is 13.7. The summed E-state index contributed by atoms with van der Waals surface area (Å²) in [6.45, 7) is 3.58. The van der Waals surface area contributed by atoms with Gasteiger partial charge in [-0.1, -0.05) is 11.2 Å². The number of nitrogens with one attached hydrogen (secondary N) is 1. The molecule has 3 heterocycles. The van der Waals surface area contributed by atoms with Gasteiger partial charge in [-0.05, 0) is 37.5 Å². The highest BCUT2D eigenvalue weighted by molar-refractivity contribution is 5.78. The molecule has 1 aromatic carbocycles. The SMILES string of the molecule is Cc1ccc2nc(C3CCCN(C(=O)Cc4ccon4)C3)[nH]c2c1. The van der Waals surface area contributed by atoms with E-state index in [-0.39, 0.29) is 11.8 Å². The predicted molar refractivity (Wildman–Crippen MR) is 89.6 cm³/mol. The van der Waals surface area contributed by atoms with Crippen molar-refractivity contribution in [3.8, 4) is 0 Å². The number of benzene rings is 1. The van der Waals surface area contributed by atoms with Crippen molar-refractivity contribution in [2.45, 2.75) is 32.1 Å². The first-order valence-electron chi connectivity index (χ1n) is 8.32. The summed E-state index contributed by atoms with van der Waals surface area (Å²) in [5.74, 6) is 1.34. The summed E-state index contributed by atoms with van der Waals surface area (Å²) in [5.41, 5.74) is 3.95. The lowest BCUT2D eigenvalue weighted by molar-refractivity contribution is -0.131. The van der Waals surface area contributed by atoms with Gasteiger partial charge in [0.1, 0.15) is 12.1 Å². The van der Waals surface area contributed by atoms with Gasteiger partial charge in [-0.3, -0.25) is 4.79 Å². The Morgan fingerprint density at radius 2 is 2.33 bits per heavy atom. The smallest absolute Gasteiger partial charge is 0.228 e. The van der Waals surface area contributed by atoms with Gasteiger partial charge in [0, 0.05) is 25.1 Å². The standard InChI is InChI=1S/C18H20N4O2/c1-12-4-5-15-16(9-12)20-18(19-15)13-3-2-7-22(11-13)17(23)10-14-6-8-24-21-14/h4-6,8-9,13H,2-3,7,10-11H2,1H3,(H,19,20). The second kappa shape index (κ2) is 6.11. The number of H-pyrrole nitrogens is 1. The van der Waals surface area contributed by atoms with Crippen LogP contribution in [-0.4, -0.2) is 39.0 Å². The van der Waals surface area contributed by atoms with Crippen LogP contribution in [0.2, 0.25) is 0 Å². The number of carbonyl (C=O) groups is 1. The van der Waals surface area contributed by atoms with Crippen LogP contribution >= 0.6 is 0 Å². The van der Waals surface area contributed by atoms with Gasteiger partial charge in [0.2, 0.25) is 5.91 Å². The number of imidazole rings is 1. The molecule has 1 N–H and O–H groups in total. The number of aryl methyl sites for hydroxylation is 1. The molecule has 1 amide bonds. The van der Waals surface area contributed by atoms with E-state index in [0.29, 0.717) is 18.7 Å². The lowest BCUT2D eigenvalue weighted by atomic mass is 9.97. The molecular weight excluding hydrogens is 304 g/mol. The summed E-state index contributed by atoms with van der Waals surface area (Å²) >= 11 is 0. The molecule has 1 fully saturated rings. The minimum atomic E-state index is 0.0977. The molecule has 124 valence electrons. The highest BCUT2D eigenvalue weighted by Crippen LogP contribution is 2.27. The van der Waals surface area contributed by atoms with Crippen molar-refractivity contribution < 1.29 is 9.32 Å². The van der Waals surface area contributed by atoms with Crippen LogP contribution < -0.4 is 0 Å². The largest absolute Gasteiger partial charge is 0.364 e. The van der Waals surface area contributed by atoms with Crippen molar-refractivity contribution in [1.82, 2.24) is 20.0 Å². The van der Waals surface area contributed by atoms with Gasteiger partial charge in [-0.2, -0.15) is 0 Å². The van der Waals surface area contributed by atoms with Crippen LogP contribution in [0.5, 0.6) is 0 Å². The molecule has 0 spiro atoms. The first-order chi connectivity index (χ1) is 11.7. The molecule has 6 nitrogen and oxygen atoms in total. The number of likely N-dealkylation sites (tertiary alicyclic amines) is 1. The fourth-order valence-electron chi connectivity index (χ4n) is 3.36. The van der Waals surface area contributed by atoms with Crippen molar-refractivity contribution in [2.75, 3.05) is 13.1 Å². The Morgan fingerprint density at radius 1 is 1.42 bits per heavy atom. The van der Waals surface area contributed by atoms with Gasteiger partial charge >= 0.3 is 0 Å².